The minimum absolute atomic E-state index is 0.128. The molecule has 1 aromatic rings. The van der Waals surface area contributed by atoms with Gasteiger partial charge in [0.15, 0.2) is 0 Å². The minimum atomic E-state index is -0.593. The summed E-state index contributed by atoms with van der Waals surface area (Å²) in [4.78, 5) is 17.8. The zero-order chi connectivity index (χ0) is 12.5. The highest BCUT2D eigenvalue weighted by atomic mass is 35.5. The molecule has 1 aliphatic heterocycles. The third kappa shape index (κ3) is 2.45. The van der Waals surface area contributed by atoms with E-state index in [0.29, 0.717) is 13.2 Å². The van der Waals surface area contributed by atoms with Gasteiger partial charge in [0, 0.05) is 6.61 Å². The van der Waals surface area contributed by atoms with Gasteiger partial charge in [-0.15, -0.1) is 0 Å². The average molecular weight is 259 g/mol. The van der Waals surface area contributed by atoms with Gasteiger partial charge in [0.25, 0.3) is 0 Å². The zero-order valence-corrected chi connectivity index (χ0v) is 9.90. The Kier molecular flexibility index (Phi) is 3.12. The van der Waals surface area contributed by atoms with Crippen molar-refractivity contribution in [2.45, 2.75) is 18.9 Å². The largest absolute Gasteiger partial charge is 0.379 e. The van der Waals surface area contributed by atoms with Crippen molar-refractivity contribution in [3.05, 3.63) is 21.6 Å². The topological polar surface area (TPSA) is 90.2 Å². The first-order chi connectivity index (χ1) is 8.02. The number of nitrogens with one attached hydrogen (secondary N) is 1. The van der Waals surface area contributed by atoms with E-state index in [2.05, 4.69) is 15.3 Å². The number of ether oxygens (including phenoxy) is 1. The van der Waals surface area contributed by atoms with Gasteiger partial charge in [-0.25, -0.2) is 9.97 Å². The molecule has 1 fully saturated rings. The number of halogens is 1. The Balaban J connectivity index is 2.32. The van der Waals surface area contributed by atoms with Crippen LogP contribution in [0.3, 0.4) is 0 Å². The van der Waals surface area contributed by atoms with Gasteiger partial charge >= 0.3 is 5.69 Å². The fourth-order valence-corrected chi connectivity index (χ4v) is 1.86. The summed E-state index contributed by atoms with van der Waals surface area (Å²) in [6.45, 7) is 3.02. The van der Waals surface area contributed by atoms with E-state index < -0.39 is 4.92 Å². The van der Waals surface area contributed by atoms with Crippen LogP contribution in [-0.2, 0) is 4.74 Å². The molecule has 1 aliphatic rings. The van der Waals surface area contributed by atoms with E-state index in [1.54, 1.807) is 0 Å². The van der Waals surface area contributed by atoms with E-state index in [1.807, 2.05) is 6.92 Å². The number of nitrogens with zero attached hydrogens (tertiary/aromatic N) is 3. The van der Waals surface area contributed by atoms with Crippen molar-refractivity contribution >= 4 is 23.1 Å². The van der Waals surface area contributed by atoms with E-state index in [0.717, 1.165) is 6.42 Å². The standard InChI is InChI=1S/C9H11ClN4O3/c1-9(2-3-17-4-9)13-8-6(14(15)16)7(10)11-5-12-8/h5H,2-4H2,1H3,(H,11,12,13). The third-order valence-electron chi connectivity index (χ3n) is 2.60. The molecular formula is C9H11ClN4O3. The molecule has 0 bridgehead atoms. The smallest absolute Gasteiger partial charge is 0.348 e. The maximum absolute atomic E-state index is 10.9. The van der Waals surface area contributed by atoms with Crippen molar-refractivity contribution in [1.29, 1.82) is 0 Å². The lowest BCUT2D eigenvalue weighted by atomic mass is 10.0. The quantitative estimate of drug-likeness (QED) is 0.503. The molecule has 92 valence electrons. The fraction of sp³-hybridized carbons (Fsp3) is 0.556. The normalized spacial score (nSPS) is 23.6. The lowest BCUT2D eigenvalue weighted by molar-refractivity contribution is -0.384. The Hall–Kier alpha value is -1.47. The van der Waals surface area contributed by atoms with Crippen molar-refractivity contribution in [2.24, 2.45) is 0 Å². The molecule has 0 amide bonds. The molecular weight excluding hydrogens is 248 g/mol. The molecule has 0 radical (unpaired) electrons. The molecule has 0 spiro atoms. The van der Waals surface area contributed by atoms with Crippen LogP contribution in [0.2, 0.25) is 5.15 Å². The SMILES string of the molecule is CC1(Nc2ncnc(Cl)c2[N+](=O)[O-])CCOC1. The first kappa shape index (κ1) is 12.0. The Labute approximate surface area is 102 Å². The van der Waals surface area contributed by atoms with Gasteiger partial charge in [-0.2, -0.15) is 0 Å². The molecule has 8 heteroatoms. The molecule has 2 heterocycles. The highest BCUT2D eigenvalue weighted by molar-refractivity contribution is 6.31. The van der Waals surface area contributed by atoms with Gasteiger partial charge in [-0.1, -0.05) is 11.6 Å². The summed E-state index contributed by atoms with van der Waals surface area (Å²) >= 11 is 5.69. The fourth-order valence-electron chi connectivity index (χ4n) is 1.66. The Morgan fingerprint density at radius 2 is 2.41 bits per heavy atom. The van der Waals surface area contributed by atoms with Crippen LogP contribution in [0, 0.1) is 10.1 Å². The Morgan fingerprint density at radius 3 is 3.00 bits per heavy atom. The molecule has 17 heavy (non-hydrogen) atoms. The van der Waals surface area contributed by atoms with Crippen LogP contribution in [0.4, 0.5) is 11.5 Å². The van der Waals surface area contributed by atoms with Crippen molar-refractivity contribution in [1.82, 2.24) is 9.97 Å². The maximum atomic E-state index is 10.9. The van der Waals surface area contributed by atoms with Crippen LogP contribution in [0.1, 0.15) is 13.3 Å². The zero-order valence-electron chi connectivity index (χ0n) is 9.14. The van der Waals surface area contributed by atoms with Gasteiger partial charge in [0.05, 0.1) is 17.1 Å². The van der Waals surface area contributed by atoms with E-state index >= 15 is 0 Å². The van der Waals surface area contributed by atoms with Gasteiger partial charge in [-0.05, 0) is 13.3 Å². The van der Waals surface area contributed by atoms with Crippen molar-refractivity contribution in [2.75, 3.05) is 18.5 Å². The molecule has 0 saturated carbocycles. The van der Waals surface area contributed by atoms with Gasteiger partial charge < -0.3 is 10.1 Å². The molecule has 0 aromatic carbocycles. The number of anilines is 1. The first-order valence-electron chi connectivity index (χ1n) is 5.03. The number of hydrogen-bond donors (Lipinski definition) is 1. The molecule has 7 nitrogen and oxygen atoms in total. The number of aromatic nitrogens is 2. The molecule has 1 atom stereocenters. The summed E-state index contributed by atoms with van der Waals surface area (Å²) < 4.78 is 5.25. The summed E-state index contributed by atoms with van der Waals surface area (Å²) in [5.74, 6) is 0.128. The lowest BCUT2D eigenvalue weighted by Gasteiger charge is -2.23. The highest BCUT2D eigenvalue weighted by Crippen LogP contribution is 2.32. The Morgan fingerprint density at radius 1 is 1.65 bits per heavy atom. The second-order valence-electron chi connectivity index (χ2n) is 4.11. The van der Waals surface area contributed by atoms with Crippen LogP contribution in [0.5, 0.6) is 0 Å². The lowest BCUT2D eigenvalue weighted by Crippen LogP contribution is -2.35. The maximum Gasteiger partial charge on any atom is 0.348 e. The number of hydrogen-bond acceptors (Lipinski definition) is 6. The van der Waals surface area contributed by atoms with Gasteiger partial charge in [0.1, 0.15) is 6.33 Å². The van der Waals surface area contributed by atoms with Gasteiger partial charge in [-0.3, -0.25) is 10.1 Å². The average Bonchev–Trinajstić information content (AvgIpc) is 2.64. The van der Waals surface area contributed by atoms with Crippen LogP contribution < -0.4 is 5.32 Å². The molecule has 1 saturated heterocycles. The number of rotatable bonds is 3. The van der Waals surface area contributed by atoms with Crippen molar-refractivity contribution < 1.29 is 9.66 Å². The van der Waals surface area contributed by atoms with E-state index in [1.165, 1.54) is 6.33 Å². The second-order valence-corrected chi connectivity index (χ2v) is 4.47. The minimum Gasteiger partial charge on any atom is -0.379 e. The summed E-state index contributed by atoms with van der Waals surface area (Å²) in [5, 5.41) is 13.7. The summed E-state index contributed by atoms with van der Waals surface area (Å²) in [5.41, 5.74) is -0.662. The van der Waals surface area contributed by atoms with Gasteiger partial charge in [0.2, 0.25) is 11.0 Å². The monoisotopic (exact) mass is 258 g/mol. The van der Waals surface area contributed by atoms with Crippen LogP contribution in [0.25, 0.3) is 0 Å². The van der Waals surface area contributed by atoms with Crippen molar-refractivity contribution in [3.8, 4) is 0 Å². The predicted molar refractivity (Wildman–Crippen MR) is 61.2 cm³/mol. The van der Waals surface area contributed by atoms with E-state index in [-0.39, 0.29) is 22.2 Å². The van der Waals surface area contributed by atoms with Crippen LogP contribution >= 0.6 is 11.6 Å². The molecule has 1 unspecified atom stereocenters. The summed E-state index contributed by atoms with van der Waals surface area (Å²) in [6.07, 6.45) is 1.95. The predicted octanol–water partition coefficient (Wildman–Crippen LogP) is 1.63. The van der Waals surface area contributed by atoms with E-state index in [9.17, 15) is 10.1 Å². The van der Waals surface area contributed by atoms with Crippen LogP contribution in [0.15, 0.2) is 6.33 Å². The Bertz CT molecular complexity index is 448. The van der Waals surface area contributed by atoms with Crippen LogP contribution in [-0.4, -0.2) is 33.6 Å². The number of nitro groups is 1. The summed E-state index contributed by atoms with van der Waals surface area (Å²) in [7, 11) is 0. The molecule has 2 rings (SSSR count). The highest BCUT2D eigenvalue weighted by Gasteiger charge is 2.33. The van der Waals surface area contributed by atoms with Crippen molar-refractivity contribution in [3.63, 3.8) is 0 Å². The van der Waals surface area contributed by atoms with E-state index in [4.69, 9.17) is 16.3 Å². The molecule has 0 aliphatic carbocycles. The third-order valence-corrected chi connectivity index (χ3v) is 2.88. The first-order valence-corrected chi connectivity index (χ1v) is 5.40. The molecule has 1 aromatic heterocycles. The summed E-state index contributed by atoms with van der Waals surface area (Å²) in [6, 6.07) is 0. The second kappa shape index (κ2) is 4.42. The molecule has 1 N–H and O–H groups in total.